The van der Waals surface area contributed by atoms with Crippen molar-refractivity contribution in [3.8, 4) is 0 Å². The van der Waals surface area contributed by atoms with Crippen LogP contribution in [0, 0.1) is 5.41 Å². The van der Waals surface area contributed by atoms with E-state index in [1.54, 1.807) is 4.57 Å². The fraction of sp³-hybridized carbons (Fsp3) is 0.688. The van der Waals surface area contributed by atoms with Gasteiger partial charge in [-0.2, -0.15) is 0 Å². The van der Waals surface area contributed by atoms with Crippen molar-refractivity contribution >= 4 is 17.0 Å². The predicted molar refractivity (Wildman–Crippen MR) is 92.0 cm³/mol. The number of hydrogen-bond donors (Lipinski definition) is 4. The van der Waals surface area contributed by atoms with E-state index < -0.39 is 24.5 Å². The number of anilines is 1. The Labute approximate surface area is 150 Å². The van der Waals surface area contributed by atoms with Gasteiger partial charge in [0, 0.05) is 31.6 Å². The Morgan fingerprint density at radius 2 is 2.12 bits per heavy atom. The van der Waals surface area contributed by atoms with E-state index in [0.717, 1.165) is 32.6 Å². The van der Waals surface area contributed by atoms with Crippen molar-refractivity contribution in [1.82, 2.24) is 29.7 Å². The van der Waals surface area contributed by atoms with Gasteiger partial charge in [-0.05, 0) is 13.0 Å². The highest BCUT2D eigenvalue weighted by atomic mass is 16.6. The monoisotopic (exact) mass is 361 g/mol. The lowest BCUT2D eigenvalue weighted by atomic mass is 9.81. The van der Waals surface area contributed by atoms with Crippen molar-refractivity contribution in [3.05, 3.63) is 12.7 Å². The van der Waals surface area contributed by atoms with E-state index in [9.17, 15) is 10.2 Å². The van der Waals surface area contributed by atoms with Gasteiger partial charge in [-0.3, -0.25) is 9.47 Å². The molecule has 1 spiro atoms. The molecule has 0 aliphatic carbocycles. The summed E-state index contributed by atoms with van der Waals surface area (Å²) in [7, 11) is 0. The number of imidazole rings is 1. The molecule has 2 aromatic rings. The number of hydrogen-bond acceptors (Lipinski definition) is 9. The van der Waals surface area contributed by atoms with Gasteiger partial charge < -0.3 is 26.0 Å². The third kappa shape index (κ3) is 2.41. The average molecular weight is 361 g/mol. The molecule has 0 amide bonds. The van der Waals surface area contributed by atoms with Crippen LogP contribution < -0.4 is 11.1 Å². The van der Waals surface area contributed by atoms with Gasteiger partial charge in [0.15, 0.2) is 17.7 Å². The third-order valence-electron chi connectivity index (χ3n) is 5.95. The summed E-state index contributed by atoms with van der Waals surface area (Å²) in [5, 5.41) is 24.4. The number of nitrogens with zero attached hydrogens (tertiary/aromatic N) is 5. The number of likely N-dealkylation sites (tertiary alicyclic amines) is 1. The minimum atomic E-state index is -1.06. The molecule has 2 unspecified atom stereocenters. The number of nitrogens with one attached hydrogen (secondary N) is 1. The first-order valence-corrected chi connectivity index (χ1v) is 8.94. The molecule has 3 aliphatic heterocycles. The Morgan fingerprint density at radius 3 is 2.85 bits per heavy atom. The standard InChI is InChI=1S/C16H23N7O3/c17-13-10-14(20-7-19-13)23(8-21-10)15-12(25)11(24)9(26-15)3-22-2-1-16(6-22)4-18-5-16/h7-9,11-12,15,18,24-25H,1-6H2,(H2,17,19,20)/t9?,11-,12-,15?/m1/s1. The Bertz CT molecular complexity index is 823. The van der Waals surface area contributed by atoms with Crippen LogP contribution in [0.15, 0.2) is 12.7 Å². The van der Waals surface area contributed by atoms with Crippen LogP contribution in [0.3, 0.4) is 0 Å². The van der Waals surface area contributed by atoms with Gasteiger partial charge in [0.25, 0.3) is 0 Å². The number of aromatic nitrogens is 4. The van der Waals surface area contributed by atoms with Crippen LogP contribution in [0.5, 0.6) is 0 Å². The molecule has 10 heteroatoms. The van der Waals surface area contributed by atoms with Crippen LogP contribution in [0.4, 0.5) is 5.82 Å². The van der Waals surface area contributed by atoms with Crippen LogP contribution in [0.2, 0.25) is 0 Å². The van der Waals surface area contributed by atoms with Gasteiger partial charge in [-0.15, -0.1) is 0 Å². The molecule has 5 rings (SSSR count). The van der Waals surface area contributed by atoms with E-state index in [2.05, 4.69) is 25.2 Å². The summed E-state index contributed by atoms with van der Waals surface area (Å²) in [4.78, 5) is 14.6. The molecule has 5 N–H and O–H groups in total. The topological polar surface area (TPSA) is 135 Å². The molecule has 0 saturated carbocycles. The molecule has 26 heavy (non-hydrogen) atoms. The summed E-state index contributed by atoms with van der Waals surface area (Å²) in [6.07, 6.45) is 0.788. The maximum atomic E-state index is 10.5. The van der Waals surface area contributed by atoms with Crippen molar-refractivity contribution in [1.29, 1.82) is 0 Å². The number of ether oxygens (including phenoxy) is 1. The van der Waals surface area contributed by atoms with Crippen LogP contribution in [-0.4, -0.2) is 85.7 Å². The van der Waals surface area contributed by atoms with Gasteiger partial charge >= 0.3 is 0 Å². The molecular formula is C16H23N7O3. The van der Waals surface area contributed by atoms with Crippen LogP contribution in [0.1, 0.15) is 12.6 Å². The number of nitrogens with two attached hydrogens (primary N) is 1. The Hall–Kier alpha value is -1.85. The molecule has 3 aliphatic rings. The molecule has 140 valence electrons. The number of rotatable bonds is 3. The van der Waals surface area contributed by atoms with Gasteiger partial charge in [0.1, 0.15) is 30.2 Å². The van der Waals surface area contributed by atoms with Crippen molar-refractivity contribution in [2.75, 3.05) is 38.5 Å². The highest BCUT2D eigenvalue weighted by Gasteiger charge is 2.48. The SMILES string of the molecule is Nc1ncnc2c1ncn2C1OC(CN2CCC3(CNC3)C2)[C@@H](O)[C@H]1O. The second kappa shape index (κ2) is 5.83. The summed E-state index contributed by atoms with van der Waals surface area (Å²) < 4.78 is 7.64. The van der Waals surface area contributed by atoms with Crippen molar-refractivity contribution in [3.63, 3.8) is 0 Å². The first-order valence-electron chi connectivity index (χ1n) is 8.94. The predicted octanol–water partition coefficient (Wildman–Crippen LogP) is -1.68. The molecule has 5 heterocycles. The Balaban J connectivity index is 1.34. The van der Waals surface area contributed by atoms with Crippen molar-refractivity contribution in [2.24, 2.45) is 5.41 Å². The zero-order valence-corrected chi connectivity index (χ0v) is 14.3. The number of fused-ring (bicyclic) bond motifs is 1. The fourth-order valence-corrected chi connectivity index (χ4v) is 4.37. The Kier molecular flexibility index (Phi) is 3.66. The molecule has 10 nitrogen and oxygen atoms in total. The van der Waals surface area contributed by atoms with E-state index in [-0.39, 0.29) is 5.82 Å². The normalized spacial score (nSPS) is 33.9. The largest absolute Gasteiger partial charge is 0.387 e. The lowest BCUT2D eigenvalue weighted by Gasteiger charge is -2.39. The minimum Gasteiger partial charge on any atom is -0.387 e. The zero-order chi connectivity index (χ0) is 17.9. The number of aliphatic hydroxyl groups excluding tert-OH is 2. The molecule has 0 aromatic carbocycles. The third-order valence-corrected chi connectivity index (χ3v) is 5.95. The maximum absolute atomic E-state index is 10.5. The second-order valence-corrected chi connectivity index (χ2v) is 7.72. The van der Waals surface area contributed by atoms with Crippen molar-refractivity contribution < 1.29 is 14.9 Å². The summed E-state index contributed by atoms with van der Waals surface area (Å²) in [6, 6.07) is 0. The molecule has 2 aromatic heterocycles. The first-order chi connectivity index (χ1) is 12.6. The highest BCUT2D eigenvalue weighted by molar-refractivity contribution is 5.81. The quantitative estimate of drug-likeness (QED) is 0.506. The first kappa shape index (κ1) is 16.3. The zero-order valence-electron chi connectivity index (χ0n) is 14.3. The van der Waals surface area contributed by atoms with Gasteiger partial charge in [-0.1, -0.05) is 0 Å². The van der Waals surface area contributed by atoms with E-state index in [4.69, 9.17) is 10.5 Å². The minimum absolute atomic E-state index is 0.273. The van der Waals surface area contributed by atoms with E-state index in [1.165, 1.54) is 12.7 Å². The number of nitrogen functional groups attached to an aromatic ring is 1. The molecular weight excluding hydrogens is 338 g/mol. The summed E-state index contributed by atoms with van der Waals surface area (Å²) in [6.45, 7) is 4.72. The van der Waals surface area contributed by atoms with Crippen LogP contribution >= 0.6 is 0 Å². The summed E-state index contributed by atoms with van der Waals surface area (Å²) in [5.74, 6) is 0.273. The van der Waals surface area contributed by atoms with E-state index >= 15 is 0 Å². The van der Waals surface area contributed by atoms with E-state index in [1.807, 2.05) is 0 Å². The van der Waals surface area contributed by atoms with Crippen molar-refractivity contribution in [2.45, 2.75) is 31.0 Å². The number of aliphatic hydroxyl groups is 2. The van der Waals surface area contributed by atoms with E-state index in [0.29, 0.717) is 23.1 Å². The summed E-state index contributed by atoms with van der Waals surface area (Å²) >= 11 is 0. The molecule has 0 radical (unpaired) electrons. The van der Waals surface area contributed by atoms with Gasteiger partial charge in [-0.25, -0.2) is 15.0 Å². The Morgan fingerprint density at radius 1 is 1.27 bits per heavy atom. The lowest BCUT2D eigenvalue weighted by Crippen LogP contribution is -2.55. The average Bonchev–Trinajstić information content (AvgIpc) is 3.28. The van der Waals surface area contributed by atoms with Gasteiger partial charge in [0.2, 0.25) is 0 Å². The fourth-order valence-electron chi connectivity index (χ4n) is 4.37. The highest BCUT2D eigenvalue weighted by Crippen LogP contribution is 2.36. The van der Waals surface area contributed by atoms with Gasteiger partial charge in [0.05, 0.1) is 6.33 Å². The smallest absolute Gasteiger partial charge is 0.167 e. The van der Waals surface area contributed by atoms with Crippen LogP contribution in [0.25, 0.3) is 11.2 Å². The molecule has 4 atom stereocenters. The summed E-state index contributed by atoms with van der Waals surface area (Å²) in [5.41, 5.74) is 7.14. The van der Waals surface area contributed by atoms with Crippen LogP contribution in [-0.2, 0) is 4.74 Å². The molecule has 0 bridgehead atoms. The second-order valence-electron chi connectivity index (χ2n) is 7.72. The molecule has 3 fully saturated rings. The molecule has 3 saturated heterocycles. The maximum Gasteiger partial charge on any atom is 0.167 e. The lowest BCUT2D eigenvalue weighted by molar-refractivity contribution is -0.0434.